The average molecular weight is 192 g/mol. The SMILES string of the molecule is CC(C)(N)C(=O)O.C[C@H](N)C(=O)O. The van der Waals surface area contributed by atoms with Gasteiger partial charge in [0.15, 0.2) is 0 Å². The van der Waals surface area contributed by atoms with Gasteiger partial charge in [-0.05, 0) is 20.8 Å². The maximum absolute atomic E-state index is 9.90. The number of aliphatic carboxylic acids is 2. The van der Waals surface area contributed by atoms with E-state index in [9.17, 15) is 9.59 Å². The Morgan fingerprint density at radius 2 is 1.46 bits per heavy atom. The summed E-state index contributed by atoms with van der Waals surface area (Å²) >= 11 is 0. The van der Waals surface area contributed by atoms with Crippen LogP contribution in [0.25, 0.3) is 0 Å². The maximum Gasteiger partial charge on any atom is 0.323 e. The lowest BCUT2D eigenvalue weighted by Gasteiger charge is -2.09. The molecule has 0 unspecified atom stereocenters. The zero-order valence-corrected chi connectivity index (χ0v) is 7.94. The van der Waals surface area contributed by atoms with Gasteiger partial charge >= 0.3 is 11.9 Å². The second-order valence-electron chi connectivity index (χ2n) is 3.15. The van der Waals surface area contributed by atoms with E-state index in [-0.39, 0.29) is 0 Å². The average Bonchev–Trinajstić information content (AvgIpc) is 1.86. The Bertz CT molecular complexity index is 183. The Morgan fingerprint density at radius 3 is 1.46 bits per heavy atom. The van der Waals surface area contributed by atoms with Crippen molar-refractivity contribution < 1.29 is 19.8 Å². The van der Waals surface area contributed by atoms with Crippen LogP contribution in [-0.2, 0) is 9.59 Å². The van der Waals surface area contributed by atoms with Crippen molar-refractivity contribution in [2.45, 2.75) is 32.4 Å². The zero-order chi connectivity index (χ0) is 11.2. The molecule has 1 atom stereocenters. The van der Waals surface area contributed by atoms with E-state index in [2.05, 4.69) is 0 Å². The second-order valence-corrected chi connectivity index (χ2v) is 3.15. The van der Waals surface area contributed by atoms with Crippen molar-refractivity contribution in [3.05, 3.63) is 0 Å². The van der Waals surface area contributed by atoms with E-state index in [4.69, 9.17) is 21.7 Å². The molecule has 0 radical (unpaired) electrons. The van der Waals surface area contributed by atoms with Crippen LogP contribution in [0.5, 0.6) is 0 Å². The molecule has 0 rings (SSSR count). The van der Waals surface area contributed by atoms with E-state index >= 15 is 0 Å². The third-order valence-corrected chi connectivity index (χ3v) is 0.941. The van der Waals surface area contributed by atoms with Gasteiger partial charge in [0.2, 0.25) is 0 Å². The van der Waals surface area contributed by atoms with E-state index in [1.165, 1.54) is 20.8 Å². The molecule has 0 amide bonds. The van der Waals surface area contributed by atoms with Gasteiger partial charge in [0.05, 0.1) is 0 Å². The van der Waals surface area contributed by atoms with Gasteiger partial charge in [-0.25, -0.2) is 0 Å². The highest BCUT2D eigenvalue weighted by Gasteiger charge is 2.19. The number of nitrogens with two attached hydrogens (primary N) is 2. The first-order valence-electron chi connectivity index (χ1n) is 3.59. The van der Waals surface area contributed by atoms with Crippen LogP contribution in [0.1, 0.15) is 20.8 Å². The molecule has 13 heavy (non-hydrogen) atoms. The molecule has 0 bridgehead atoms. The monoisotopic (exact) mass is 192 g/mol. The topological polar surface area (TPSA) is 127 Å². The lowest BCUT2D eigenvalue weighted by Crippen LogP contribution is -2.41. The summed E-state index contributed by atoms with van der Waals surface area (Å²) in [5.74, 6) is -1.94. The number of carboxylic acids is 2. The Morgan fingerprint density at radius 1 is 1.31 bits per heavy atom. The molecule has 0 aromatic rings. The van der Waals surface area contributed by atoms with Crippen molar-refractivity contribution in [1.82, 2.24) is 0 Å². The fourth-order valence-corrected chi connectivity index (χ4v) is 0. The quantitative estimate of drug-likeness (QED) is 0.455. The minimum atomic E-state index is -1.08. The molecule has 6 heteroatoms. The fourth-order valence-electron chi connectivity index (χ4n) is 0. The van der Waals surface area contributed by atoms with Gasteiger partial charge in [-0.2, -0.15) is 0 Å². The number of carbonyl (C=O) groups is 2. The molecule has 0 aliphatic carbocycles. The standard InChI is InChI=1S/C4H9NO2.C3H7NO2/c1-4(2,5)3(6)7;1-2(4)3(5)6/h5H2,1-2H3,(H,6,7);2H,4H2,1H3,(H,5,6)/t;2-/m.0/s1. The summed E-state index contributed by atoms with van der Waals surface area (Å²) in [5.41, 5.74) is 8.83. The van der Waals surface area contributed by atoms with Crippen LogP contribution in [0, 0.1) is 0 Å². The van der Waals surface area contributed by atoms with Crippen molar-refractivity contribution in [3.63, 3.8) is 0 Å². The van der Waals surface area contributed by atoms with Crippen molar-refractivity contribution in [2.75, 3.05) is 0 Å². The lowest BCUT2D eigenvalue weighted by atomic mass is 10.1. The Kier molecular flexibility index (Phi) is 6.08. The van der Waals surface area contributed by atoms with E-state index in [1.807, 2.05) is 0 Å². The maximum atomic E-state index is 9.90. The van der Waals surface area contributed by atoms with Crippen LogP contribution in [0.2, 0.25) is 0 Å². The highest BCUT2D eigenvalue weighted by Crippen LogP contribution is 1.93. The predicted octanol–water partition coefficient (Wildman–Crippen LogP) is -0.773. The Balaban J connectivity index is 0. The van der Waals surface area contributed by atoms with Crippen LogP contribution >= 0.6 is 0 Å². The molecule has 0 saturated carbocycles. The molecular formula is C7H16N2O4. The number of hydrogen-bond acceptors (Lipinski definition) is 4. The molecule has 0 aliphatic heterocycles. The first-order valence-corrected chi connectivity index (χ1v) is 3.59. The van der Waals surface area contributed by atoms with Gasteiger partial charge in [0.25, 0.3) is 0 Å². The Labute approximate surface area is 76.5 Å². The summed E-state index contributed by atoms with van der Waals surface area (Å²) in [6, 6.07) is -0.731. The molecular weight excluding hydrogens is 176 g/mol. The Hall–Kier alpha value is -1.14. The molecule has 0 saturated heterocycles. The highest BCUT2D eigenvalue weighted by atomic mass is 16.4. The fraction of sp³-hybridized carbons (Fsp3) is 0.714. The van der Waals surface area contributed by atoms with Gasteiger partial charge < -0.3 is 21.7 Å². The number of rotatable bonds is 2. The first kappa shape index (κ1) is 14.4. The van der Waals surface area contributed by atoms with Crippen LogP contribution in [-0.4, -0.2) is 33.7 Å². The van der Waals surface area contributed by atoms with Gasteiger partial charge in [-0.1, -0.05) is 0 Å². The van der Waals surface area contributed by atoms with Crippen LogP contribution in [0.15, 0.2) is 0 Å². The molecule has 0 aliphatic rings. The largest absolute Gasteiger partial charge is 0.480 e. The summed E-state index contributed by atoms with van der Waals surface area (Å²) in [6.07, 6.45) is 0. The van der Waals surface area contributed by atoms with E-state index < -0.39 is 23.5 Å². The molecule has 0 heterocycles. The summed E-state index contributed by atoms with van der Waals surface area (Å²) < 4.78 is 0. The van der Waals surface area contributed by atoms with Gasteiger partial charge in [0.1, 0.15) is 11.6 Å². The van der Waals surface area contributed by atoms with Gasteiger partial charge in [0, 0.05) is 0 Å². The van der Waals surface area contributed by atoms with Crippen molar-refractivity contribution >= 4 is 11.9 Å². The second kappa shape index (κ2) is 5.50. The van der Waals surface area contributed by atoms with Crippen LogP contribution < -0.4 is 11.5 Å². The summed E-state index contributed by atoms with van der Waals surface area (Å²) in [4.78, 5) is 19.5. The third-order valence-electron chi connectivity index (χ3n) is 0.941. The molecule has 6 nitrogen and oxygen atoms in total. The number of carboxylic acid groups (broad SMARTS) is 2. The minimum absolute atomic E-state index is 0.731. The molecule has 0 aromatic carbocycles. The molecule has 0 aromatic heterocycles. The third kappa shape index (κ3) is 10.9. The summed E-state index contributed by atoms with van der Waals surface area (Å²) in [6.45, 7) is 4.30. The molecule has 0 spiro atoms. The van der Waals surface area contributed by atoms with Crippen molar-refractivity contribution in [2.24, 2.45) is 11.5 Å². The van der Waals surface area contributed by atoms with E-state index in [0.29, 0.717) is 0 Å². The predicted molar refractivity (Wildman–Crippen MR) is 47.2 cm³/mol. The minimum Gasteiger partial charge on any atom is -0.480 e. The van der Waals surface area contributed by atoms with Gasteiger partial charge in [-0.15, -0.1) is 0 Å². The van der Waals surface area contributed by atoms with Crippen LogP contribution in [0.3, 0.4) is 0 Å². The van der Waals surface area contributed by atoms with Crippen molar-refractivity contribution in [1.29, 1.82) is 0 Å². The van der Waals surface area contributed by atoms with Crippen molar-refractivity contribution in [3.8, 4) is 0 Å². The molecule has 6 N–H and O–H groups in total. The summed E-state index contributed by atoms with van der Waals surface area (Å²) in [7, 11) is 0. The molecule has 0 fully saturated rings. The first-order chi connectivity index (χ1) is 5.59. The summed E-state index contributed by atoms with van der Waals surface area (Å²) in [5, 5.41) is 16.0. The van der Waals surface area contributed by atoms with E-state index in [1.54, 1.807) is 0 Å². The highest BCUT2D eigenvalue weighted by molar-refractivity contribution is 5.77. The van der Waals surface area contributed by atoms with Gasteiger partial charge in [-0.3, -0.25) is 9.59 Å². The number of hydrogen-bond donors (Lipinski definition) is 4. The van der Waals surface area contributed by atoms with E-state index in [0.717, 1.165) is 0 Å². The molecule has 78 valence electrons. The normalized spacial score (nSPS) is 12.4. The van der Waals surface area contributed by atoms with Crippen LogP contribution in [0.4, 0.5) is 0 Å². The zero-order valence-electron chi connectivity index (χ0n) is 7.94. The smallest absolute Gasteiger partial charge is 0.323 e. The lowest BCUT2D eigenvalue weighted by molar-refractivity contribution is -0.142.